The summed E-state index contributed by atoms with van der Waals surface area (Å²) in [6, 6.07) is 28.8. The molecule has 5 heteroatoms. The van der Waals surface area contributed by atoms with E-state index < -0.39 is 5.60 Å². The first kappa shape index (κ1) is 26.6. The smallest absolute Gasteiger partial charge is 0.340 e. The molecule has 0 aliphatic carbocycles. The average molecular weight is 559 g/mol. The first-order valence-corrected chi connectivity index (χ1v) is 15.1. The highest BCUT2D eigenvalue weighted by Gasteiger charge is 2.54. The number of para-hydroxylation sites is 1. The number of anilines is 3. The molecule has 4 unspecified atom stereocenters. The lowest BCUT2D eigenvalue weighted by Gasteiger charge is -2.38. The molecule has 214 valence electrons. The second-order valence-corrected chi connectivity index (χ2v) is 12.6. The van der Waals surface area contributed by atoms with E-state index in [-0.39, 0.29) is 11.4 Å². The fourth-order valence-electron chi connectivity index (χ4n) is 7.53. The maximum absolute atomic E-state index is 13.4. The zero-order valence-corrected chi connectivity index (χ0v) is 25.0. The average Bonchev–Trinajstić information content (AvgIpc) is 3.41. The molecule has 3 heterocycles. The van der Waals surface area contributed by atoms with Crippen molar-refractivity contribution < 1.29 is 14.3 Å². The molecule has 1 N–H and O–H groups in total. The van der Waals surface area contributed by atoms with E-state index in [4.69, 9.17) is 9.47 Å². The Morgan fingerprint density at radius 3 is 2.43 bits per heavy atom. The minimum absolute atomic E-state index is 0.262. The maximum atomic E-state index is 13.4. The number of hydrogen-bond donors (Lipinski definition) is 1. The second-order valence-electron chi connectivity index (χ2n) is 12.6. The number of esters is 1. The van der Waals surface area contributed by atoms with Crippen LogP contribution in [0, 0.1) is 18.3 Å². The number of hydrogen-bond acceptors (Lipinski definition) is 5. The number of ether oxygens (including phenoxy) is 2. The summed E-state index contributed by atoms with van der Waals surface area (Å²) in [5.41, 5.74) is 6.39. The molecule has 4 aromatic rings. The summed E-state index contributed by atoms with van der Waals surface area (Å²) in [7, 11) is 0. The van der Waals surface area contributed by atoms with Crippen molar-refractivity contribution in [2.45, 2.75) is 59.1 Å². The van der Waals surface area contributed by atoms with Gasteiger partial charge in [0.15, 0.2) is 5.60 Å². The van der Waals surface area contributed by atoms with Crippen molar-refractivity contribution in [3.8, 4) is 11.5 Å². The van der Waals surface area contributed by atoms with Gasteiger partial charge in [-0.25, -0.2) is 4.79 Å². The van der Waals surface area contributed by atoms with Crippen LogP contribution in [0.3, 0.4) is 0 Å². The fourth-order valence-corrected chi connectivity index (χ4v) is 7.53. The molecule has 4 aromatic carbocycles. The quantitative estimate of drug-likeness (QED) is 0.248. The summed E-state index contributed by atoms with van der Waals surface area (Å²) in [5.74, 6) is 1.70. The highest BCUT2D eigenvalue weighted by molar-refractivity contribution is 5.97. The van der Waals surface area contributed by atoms with Gasteiger partial charge in [0.05, 0.1) is 5.56 Å². The number of carbonyl (C=O) groups excluding carboxylic acids is 1. The zero-order valence-electron chi connectivity index (χ0n) is 25.0. The van der Waals surface area contributed by atoms with E-state index in [0.29, 0.717) is 23.3 Å². The van der Waals surface area contributed by atoms with Gasteiger partial charge in [-0.3, -0.25) is 0 Å². The third-order valence-corrected chi connectivity index (χ3v) is 10.1. The van der Waals surface area contributed by atoms with Gasteiger partial charge in [0.2, 0.25) is 0 Å². The van der Waals surface area contributed by atoms with Gasteiger partial charge in [-0.05, 0) is 79.6 Å². The van der Waals surface area contributed by atoms with Crippen LogP contribution < -0.4 is 15.0 Å². The standard InChI is InChI=1S/C37H38N2O3/c1-6-18-36(5)22-39(25(4)24(36)3)27-16-17-30-34(20-27)41-33-19-23(2)32(38-26-12-8-7-9-13-26)21-31(33)37(30)29-15-11-10-14-28(29)35(40)42-37/h7-17,19-21,24-25,38H,6,18,22H2,1-5H3. The highest BCUT2D eigenvalue weighted by Crippen LogP contribution is 2.58. The van der Waals surface area contributed by atoms with Gasteiger partial charge in [0.1, 0.15) is 11.5 Å². The Morgan fingerprint density at radius 2 is 1.64 bits per heavy atom. The highest BCUT2D eigenvalue weighted by atomic mass is 16.6. The molecule has 3 aliphatic rings. The van der Waals surface area contributed by atoms with Gasteiger partial charge < -0.3 is 19.7 Å². The Hall–Kier alpha value is -4.25. The monoisotopic (exact) mass is 558 g/mol. The van der Waals surface area contributed by atoms with Gasteiger partial charge in [0, 0.05) is 52.4 Å². The molecule has 4 atom stereocenters. The van der Waals surface area contributed by atoms with Crippen molar-refractivity contribution in [3.05, 3.63) is 113 Å². The largest absolute Gasteiger partial charge is 0.456 e. The van der Waals surface area contributed by atoms with Gasteiger partial charge in [-0.1, -0.05) is 63.6 Å². The Bertz CT molecular complexity index is 1700. The van der Waals surface area contributed by atoms with Crippen molar-refractivity contribution in [2.75, 3.05) is 16.8 Å². The summed E-state index contributed by atoms with van der Waals surface area (Å²) >= 11 is 0. The number of aryl methyl sites for hydroxylation is 1. The van der Waals surface area contributed by atoms with Crippen molar-refractivity contribution in [2.24, 2.45) is 11.3 Å². The first-order chi connectivity index (χ1) is 20.2. The number of nitrogens with one attached hydrogen (secondary N) is 1. The summed E-state index contributed by atoms with van der Waals surface area (Å²) < 4.78 is 13.2. The molecular formula is C37H38N2O3. The van der Waals surface area contributed by atoms with E-state index in [1.807, 2.05) is 54.6 Å². The molecule has 1 saturated heterocycles. The maximum Gasteiger partial charge on any atom is 0.340 e. The van der Waals surface area contributed by atoms with Crippen LogP contribution in [0.5, 0.6) is 11.5 Å². The number of fused-ring (bicyclic) bond motifs is 6. The van der Waals surface area contributed by atoms with E-state index in [1.165, 1.54) is 12.8 Å². The molecule has 0 aromatic heterocycles. The fraction of sp³-hybridized carbons (Fsp3) is 0.324. The van der Waals surface area contributed by atoms with Crippen molar-refractivity contribution in [1.29, 1.82) is 0 Å². The molecule has 0 radical (unpaired) electrons. The predicted molar refractivity (Wildman–Crippen MR) is 168 cm³/mol. The molecular weight excluding hydrogens is 520 g/mol. The molecule has 1 spiro atoms. The van der Waals surface area contributed by atoms with Gasteiger partial charge in [-0.15, -0.1) is 0 Å². The van der Waals surface area contributed by atoms with Crippen LogP contribution in [0.1, 0.15) is 73.1 Å². The van der Waals surface area contributed by atoms with Crippen LogP contribution in [-0.2, 0) is 10.3 Å². The SMILES string of the molecule is CCCC1(C)CN(c2ccc3c(c2)Oc2cc(C)c(Nc4ccccc4)cc2C32OC(=O)c3ccccc32)C(C)C1C. The molecule has 7 rings (SSSR count). The summed E-state index contributed by atoms with van der Waals surface area (Å²) in [5, 5.41) is 3.56. The lowest BCUT2D eigenvalue weighted by atomic mass is 9.75. The number of rotatable bonds is 5. The van der Waals surface area contributed by atoms with E-state index in [9.17, 15) is 4.79 Å². The molecule has 5 nitrogen and oxygen atoms in total. The molecule has 42 heavy (non-hydrogen) atoms. The minimum atomic E-state index is -1.10. The normalized spacial score (nSPS) is 25.5. The molecule has 0 amide bonds. The topological polar surface area (TPSA) is 50.8 Å². The molecule has 0 saturated carbocycles. The number of nitrogens with zero attached hydrogens (tertiary/aromatic N) is 1. The number of carbonyl (C=O) groups is 1. The molecule has 0 bridgehead atoms. The third-order valence-electron chi connectivity index (χ3n) is 10.1. The lowest BCUT2D eigenvalue weighted by molar-refractivity contribution is 0.0224. The van der Waals surface area contributed by atoms with Crippen LogP contribution in [-0.4, -0.2) is 18.6 Å². The number of benzene rings is 4. The molecule has 3 aliphatic heterocycles. The summed E-state index contributed by atoms with van der Waals surface area (Å²) in [6.07, 6.45) is 2.39. The summed E-state index contributed by atoms with van der Waals surface area (Å²) in [4.78, 5) is 15.9. The molecule has 1 fully saturated rings. The Kier molecular flexibility index (Phi) is 6.12. The van der Waals surface area contributed by atoms with E-state index >= 15 is 0 Å². The van der Waals surface area contributed by atoms with E-state index in [1.54, 1.807) is 0 Å². The predicted octanol–water partition coefficient (Wildman–Crippen LogP) is 8.96. The van der Waals surface area contributed by atoms with Crippen LogP contribution in [0.15, 0.2) is 84.9 Å². The van der Waals surface area contributed by atoms with Crippen LogP contribution in [0.4, 0.5) is 17.1 Å². The second kappa shape index (κ2) is 9.65. The van der Waals surface area contributed by atoms with E-state index in [2.05, 4.69) is 75.2 Å². The van der Waals surface area contributed by atoms with Crippen molar-refractivity contribution in [3.63, 3.8) is 0 Å². The van der Waals surface area contributed by atoms with Gasteiger partial charge in [-0.2, -0.15) is 0 Å². The van der Waals surface area contributed by atoms with Gasteiger partial charge >= 0.3 is 5.97 Å². The van der Waals surface area contributed by atoms with E-state index in [0.717, 1.165) is 51.6 Å². The zero-order chi connectivity index (χ0) is 29.2. The van der Waals surface area contributed by atoms with Crippen LogP contribution in [0.2, 0.25) is 0 Å². The van der Waals surface area contributed by atoms with Crippen LogP contribution >= 0.6 is 0 Å². The lowest BCUT2D eigenvalue weighted by Crippen LogP contribution is -2.34. The minimum Gasteiger partial charge on any atom is -0.456 e. The Labute approximate surface area is 248 Å². The third kappa shape index (κ3) is 3.86. The first-order valence-electron chi connectivity index (χ1n) is 15.1. The Balaban J connectivity index is 1.38. The Morgan fingerprint density at radius 1 is 0.905 bits per heavy atom. The summed E-state index contributed by atoms with van der Waals surface area (Å²) in [6.45, 7) is 12.5. The van der Waals surface area contributed by atoms with Crippen LogP contribution in [0.25, 0.3) is 0 Å². The van der Waals surface area contributed by atoms with Crippen molar-refractivity contribution >= 4 is 23.0 Å². The van der Waals surface area contributed by atoms with Gasteiger partial charge in [0.25, 0.3) is 0 Å². The van der Waals surface area contributed by atoms with Crippen molar-refractivity contribution in [1.82, 2.24) is 0 Å².